The summed E-state index contributed by atoms with van der Waals surface area (Å²) in [5, 5.41) is 7.96. The van der Waals surface area contributed by atoms with E-state index in [1.165, 1.54) is 18.3 Å². The molecule has 1 aliphatic carbocycles. The number of ketones is 1. The third kappa shape index (κ3) is 4.17. The third-order valence-electron chi connectivity index (χ3n) is 4.95. The fraction of sp³-hybridized carbons (Fsp3) is 0.350. The minimum Gasteiger partial charge on any atom is -0.294 e. The average molecular weight is 451 g/mol. The number of fused-ring (bicyclic) bond motifs is 1. The van der Waals surface area contributed by atoms with Crippen molar-refractivity contribution in [2.24, 2.45) is 0 Å². The lowest BCUT2D eigenvalue weighted by Crippen LogP contribution is -2.18. The van der Waals surface area contributed by atoms with Gasteiger partial charge in [0.25, 0.3) is 0 Å². The topological polar surface area (TPSA) is 105 Å². The van der Waals surface area contributed by atoms with Gasteiger partial charge in [0, 0.05) is 29.6 Å². The monoisotopic (exact) mass is 450 g/mol. The summed E-state index contributed by atoms with van der Waals surface area (Å²) in [7, 11) is -3.71. The van der Waals surface area contributed by atoms with Crippen LogP contribution in [-0.2, 0) is 16.4 Å². The molecule has 0 saturated heterocycles. The molecule has 2 heterocycles. The second kappa shape index (κ2) is 7.96. The molecule has 2 aromatic heterocycles. The highest BCUT2D eigenvalue weighted by molar-refractivity contribution is 7.92. The van der Waals surface area contributed by atoms with Crippen LogP contribution in [0.3, 0.4) is 0 Å². The quantitative estimate of drug-likeness (QED) is 0.500. The molecule has 0 amide bonds. The number of nitrogens with zero attached hydrogens (tertiary/aromatic N) is 2. The molecule has 4 rings (SSSR count). The number of nitrogens with one attached hydrogen (secondary N) is 2. The molecule has 10 heteroatoms. The van der Waals surface area contributed by atoms with E-state index in [9.17, 15) is 17.6 Å². The van der Waals surface area contributed by atoms with Gasteiger partial charge in [0.1, 0.15) is 0 Å². The van der Waals surface area contributed by atoms with Crippen molar-refractivity contribution in [3.05, 3.63) is 52.1 Å². The molecule has 7 nitrogen and oxygen atoms in total. The lowest BCUT2D eigenvalue weighted by atomic mass is 10.0. The van der Waals surface area contributed by atoms with Crippen LogP contribution in [0, 0.1) is 5.82 Å². The summed E-state index contributed by atoms with van der Waals surface area (Å²) in [5.74, 6) is -1.27. The van der Waals surface area contributed by atoms with Gasteiger partial charge in [-0.25, -0.2) is 17.8 Å². The van der Waals surface area contributed by atoms with E-state index in [0.717, 1.165) is 23.9 Å². The van der Waals surface area contributed by atoms with Crippen molar-refractivity contribution >= 4 is 44.1 Å². The van der Waals surface area contributed by atoms with Crippen LogP contribution in [0.5, 0.6) is 0 Å². The molecule has 0 atom stereocenters. The summed E-state index contributed by atoms with van der Waals surface area (Å²) in [5.41, 5.74) is 1.54. The van der Waals surface area contributed by atoms with Gasteiger partial charge in [-0.2, -0.15) is 5.10 Å². The van der Waals surface area contributed by atoms with Gasteiger partial charge in [0.15, 0.2) is 17.2 Å². The van der Waals surface area contributed by atoms with Gasteiger partial charge in [-0.15, -0.1) is 0 Å². The van der Waals surface area contributed by atoms with Crippen molar-refractivity contribution in [2.45, 2.75) is 38.5 Å². The molecular weight excluding hydrogens is 431 g/mol. The molecule has 1 aliphatic rings. The predicted molar refractivity (Wildman–Crippen MR) is 113 cm³/mol. The third-order valence-corrected chi connectivity index (χ3v) is 6.75. The number of Topliss-reactive ketones (excluding diaryl/α,β-unsaturated/α-hetero) is 1. The number of carbonyl (C=O) groups excluding carboxylic acids is 1. The minimum atomic E-state index is -3.71. The molecule has 0 bridgehead atoms. The molecule has 0 radical (unpaired) electrons. The van der Waals surface area contributed by atoms with Gasteiger partial charge in [0.2, 0.25) is 10.0 Å². The van der Waals surface area contributed by atoms with Gasteiger partial charge < -0.3 is 0 Å². The van der Waals surface area contributed by atoms with Crippen LogP contribution in [0.2, 0.25) is 5.02 Å². The largest absolute Gasteiger partial charge is 0.294 e. The van der Waals surface area contributed by atoms with Gasteiger partial charge >= 0.3 is 0 Å². The van der Waals surface area contributed by atoms with E-state index in [-0.39, 0.29) is 28.4 Å². The molecule has 0 spiro atoms. The normalized spacial score (nSPS) is 14.2. The Morgan fingerprint density at radius 3 is 2.83 bits per heavy atom. The number of hydrogen-bond donors (Lipinski definition) is 2. The van der Waals surface area contributed by atoms with Gasteiger partial charge in [-0.1, -0.05) is 18.5 Å². The fourth-order valence-electron chi connectivity index (χ4n) is 3.39. The fourth-order valence-corrected chi connectivity index (χ4v) is 4.77. The van der Waals surface area contributed by atoms with Crippen LogP contribution in [0.15, 0.2) is 24.4 Å². The van der Waals surface area contributed by atoms with Crippen molar-refractivity contribution < 1.29 is 17.6 Å². The van der Waals surface area contributed by atoms with E-state index in [4.69, 9.17) is 11.6 Å². The summed E-state index contributed by atoms with van der Waals surface area (Å²) in [6, 6.07) is 4.35. The number of aromatic nitrogens is 3. The zero-order valence-corrected chi connectivity index (χ0v) is 17.8. The Balaban J connectivity index is 1.62. The smallest absolute Gasteiger partial charge is 0.232 e. The number of halogens is 2. The first-order valence-electron chi connectivity index (χ1n) is 9.63. The van der Waals surface area contributed by atoms with Crippen molar-refractivity contribution in [3.63, 3.8) is 0 Å². The number of aromatic amines is 1. The number of benzene rings is 1. The molecule has 1 saturated carbocycles. The van der Waals surface area contributed by atoms with Crippen molar-refractivity contribution in [3.8, 4) is 0 Å². The van der Waals surface area contributed by atoms with E-state index in [0.29, 0.717) is 23.5 Å². The maximum absolute atomic E-state index is 15.0. The Hall–Kier alpha value is -2.52. The number of hydrogen-bond acceptors (Lipinski definition) is 5. The average Bonchev–Trinajstić information content (AvgIpc) is 3.43. The number of rotatable bonds is 8. The van der Waals surface area contributed by atoms with Crippen molar-refractivity contribution in [1.29, 1.82) is 0 Å². The summed E-state index contributed by atoms with van der Waals surface area (Å²) < 4.78 is 41.1. The number of H-pyrrole nitrogens is 1. The van der Waals surface area contributed by atoms with Gasteiger partial charge in [0.05, 0.1) is 22.0 Å². The molecule has 158 valence electrons. The van der Waals surface area contributed by atoms with E-state index in [1.54, 1.807) is 6.92 Å². The number of anilines is 1. The van der Waals surface area contributed by atoms with Crippen LogP contribution < -0.4 is 4.72 Å². The van der Waals surface area contributed by atoms with Gasteiger partial charge in [-0.3, -0.25) is 14.6 Å². The molecule has 2 N–H and O–H groups in total. The molecule has 3 aromatic rings. The first-order chi connectivity index (χ1) is 14.3. The van der Waals surface area contributed by atoms with Gasteiger partial charge in [-0.05, 0) is 43.0 Å². The Morgan fingerprint density at radius 2 is 2.13 bits per heavy atom. The number of sulfonamides is 1. The van der Waals surface area contributed by atoms with Crippen LogP contribution in [0.4, 0.5) is 10.1 Å². The molecule has 1 fully saturated rings. The SMILES string of the molecule is CCCS(=O)(=O)Nc1ccc(Cl)c(C(=O)Cc2cnc3n[nH]c(C4CC4)c3c2)c1F. The highest BCUT2D eigenvalue weighted by Gasteiger charge is 2.28. The Bertz CT molecular complexity index is 1240. The van der Waals surface area contributed by atoms with Crippen LogP contribution in [0.1, 0.15) is 53.7 Å². The lowest BCUT2D eigenvalue weighted by Gasteiger charge is -2.12. The van der Waals surface area contributed by atoms with Crippen molar-refractivity contribution in [1.82, 2.24) is 15.2 Å². The van der Waals surface area contributed by atoms with E-state index in [1.807, 2.05) is 6.07 Å². The van der Waals surface area contributed by atoms with E-state index in [2.05, 4.69) is 19.9 Å². The van der Waals surface area contributed by atoms with Crippen LogP contribution in [-0.4, -0.2) is 35.1 Å². The highest BCUT2D eigenvalue weighted by atomic mass is 35.5. The maximum Gasteiger partial charge on any atom is 0.232 e. The minimum absolute atomic E-state index is 0.0769. The predicted octanol–water partition coefficient (Wildman–Crippen LogP) is 4.20. The van der Waals surface area contributed by atoms with Crippen LogP contribution >= 0.6 is 11.6 Å². The Labute approximate surface area is 178 Å². The number of pyridine rings is 1. The molecule has 1 aromatic carbocycles. The van der Waals surface area contributed by atoms with Crippen molar-refractivity contribution in [2.75, 3.05) is 10.5 Å². The molecule has 0 aliphatic heterocycles. The number of carbonyl (C=O) groups is 1. The molecule has 0 unspecified atom stereocenters. The Morgan fingerprint density at radius 1 is 1.37 bits per heavy atom. The Kier molecular flexibility index (Phi) is 5.50. The summed E-state index contributed by atoms with van der Waals surface area (Å²) in [6.45, 7) is 1.70. The standard InChI is InChI=1S/C20H20ClFN4O3S/c1-2-7-30(28,29)26-15-6-5-14(21)17(18(15)22)16(27)9-11-8-13-19(12-3-4-12)24-25-20(13)23-10-11/h5-6,8,10,12,26H,2-4,7,9H2,1H3,(H,23,24,25). The highest BCUT2D eigenvalue weighted by Crippen LogP contribution is 2.41. The second-order valence-corrected chi connectivity index (χ2v) is 9.68. The second-order valence-electron chi connectivity index (χ2n) is 7.43. The zero-order valence-electron chi connectivity index (χ0n) is 16.2. The zero-order chi connectivity index (χ0) is 21.5. The molecular formula is C20H20ClFN4O3S. The molecule has 30 heavy (non-hydrogen) atoms. The van der Waals surface area contributed by atoms with E-state index >= 15 is 0 Å². The lowest BCUT2D eigenvalue weighted by molar-refractivity contribution is 0.0989. The summed E-state index contributed by atoms with van der Waals surface area (Å²) in [4.78, 5) is 17.1. The summed E-state index contributed by atoms with van der Waals surface area (Å²) >= 11 is 6.08. The first-order valence-corrected chi connectivity index (χ1v) is 11.7. The summed E-state index contributed by atoms with van der Waals surface area (Å²) in [6.07, 6.45) is 3.95. The first kappa shape index (κ1) is 20.7. The van der Waals surface area contributed by atoms with E-state index < -0.39 is 21.6 Å². The van der Waals surface area contributed by atoms with Crippen LogP contribution in [0.25, 0.3) is 11.0 Å². The maximum atomic E-state index is 15.0.